The summed E-state index contributed by atoms with van der Waals surface area (Å²) in [5.41, 5.74) is -0.729. The number of hydrogen-bond donors (Lipinski definition) is 1. The van der Waals surface area contributed by atoms with Gasteiger partial charge in [-0.25, -0.2) is 13.2 Å². The highest BCUT2D eigenvalue weighted by Gasteiger charge is 2.24. The number of aliphatic hydroxyl groups is 1. The second-order valence-electron chi connectivity index (χ2n) is 4.28. The van der Waals surface area contributed by atoms with Crippen molar-refractivity contribution < 1.29 is 18.3 Å². The number of aliphatic hydroxyl groups excluding tert-OH is 1. The monoisotopic (exact) mass is 364 g/mol. The van der Waals surface area contributed by atoms with Crippen LogP contribution in [-0.2, 0) is 0 Å². The van der Waals surface area contributed by atoms with Crippen LogP contribution in [0.3, 0.4) is 0 Å². The molecule has 1 N–H and O–H groups in total. The summed E-state index contributed by atoms with van der Waals surface area (Å²) in [6, 6.07) is 4.43. The number of halogens is 5. The number of benzene rings is 2. The average molecular weight is 366 g/mol. The van der Waals surface area contributed by atoms with Crippen molar-refractivity contribution in [2.24, 2.45) is 0 Å². The minimum atomic E-state index is -1.78. The zero-order chi connectivity index (χ0) is 15.0. The molecule has 0 aliphatic carbocycles. The molecule has 0 aromatic heterocycles. The molecule has 0 heterocycles. The molecular formula is C14H9BrClF3O. The largest absolute Gasteiger partial charge is 0.383 e. The van der Waals surface area contributed by atoms with Gasteiger partial charge in [-0.1, -0.05) is 17.7 Å². The molecule has 0 aliphatic heterocycles. The van der Waals surface area contributed by atoms with E-state index in [1.165, 1.54) is 13.0 Å². The molecule has 1 atom stereocenters. The summed E-state index contributed by atoms with van der Waals surface area (Å²) in [5, 5.41) is 10.2. The van der Waals surface area contributed by atoms with Gasteiger partial charge in [0.15, 0.2) is 0 Å². The van der Waals surface area contributed by atoms with Crippen LogP contribution in [0, 0.1) is 24.4 Å². The molecule has 1 nitrogen and oxygen atoms in total. The van der Waals surface area contributed by atoms with Crippen molar-refractivity contribution in [3.63, 3.8) is 0 Å². The maximum atomic E-state index is 13.9. The van der Waals surface area contributed by atoms with Crippen LogP contribution < -0.4 is 0 Å². The highest BCUT2D eigenvalue weighted by atomic mass is 79.9. The van der Waals surface area contributed by atoms with Crippen molar-refractivity contribution in [1.29, 1.82) is 0 Å². The Hall–Kier alpha value is -1.04. The minimum absolute atomic E-state index is 0.133. The van der Waals surface area contributed by atoms with Gasteiger partial charge < -0.3 is 5.11 Å². The fourth-order valence-electron chi connectivity index (χ4n) is 1.83. The molecular weight excluding hydrogens is 357 g/mol. The average Bonchev–Trinajstić information content (AvgIpc) is 2.38. The minimum Gasteiger partial charge on any atom is -0.383 e. The topological polar surface area (TPSA) is 20.2 Å². The zero-order valence-corrected chi connectivity index (χ0v) is 12.6. The molecule has 0 fully saturated rings. The lowest BCUT2D eigenvalue weighted by atomic mass is 9.98. The highest BCUT2D eigenvalue weighted by molar-refractivity contribution is 9.10. The van der Waals surface area contributed by atoms with Gasteiger partial charge in [0.1, 0.15) is 23.6 Å². The van der Waals surface area contributed by atoms with E-state index in [9.17, 15) is 18.3 Å². The van der Waals surface area contributed by atoms with Gasteiger partial charge >= 0.3 is 0 Å². The van der Waals surface area contributed by atoms with Crippen LogP contribution in [0.1, 0.15) is 22.8 Å². The highest BCUT2D eigenvalue weighted by Crippen LogP contribution is 2.34. The molecule has 106 valence electrons. The van der Waals surface area contributed by atoms with E-state index in [1.807, 2.05) is 0 Å². The summed E-state index contributed by atoms with van der Waals surface area (Å²) in [5.74, 6) is -2.66. The van der Waals surface area contributed by atoms with Crippen molar-refractivity contribution >= 4 is 27.5 Å². The van der Waals surface area contributed by atoms with E-state index in [2.05, 4.69) is 15.9 Å². The molecule has 1 unspecified atom stereocenters. The second-order valence-corrected chi connectivity index (χ2v) is 5.54. The van der Waals surface area contributed by atoms with Crippen molar-refractivity contribution in [2.45, 2.75) is 13.0 Å². The van der Waals surface area contributed by atoms with E-state index < -0.39 is 29.1 Å². The summed E-state index contributed by atoms with van der Waals surface area (Å²) in [7, 11) is 0. The van der Waals surface area contributed by atoms with Crippen LogP contribution in [0.5, 0.6) is 0 Å². The van der Waals surface area contributed by atoms with Gasteiger partial charge in [-0.15, -0.1) is 0 Å². The lowest BCUT2D eigenvalue weighted by Gasteiger charge is -2.16. The fourth-order valence-corrected chi connectivity index (χ4v) is 2.32. The lowest BCUT2D eigenvalue weighted by Crippen LogP contribution is -2.09. The summed E-state index contributed by atoms with van der Waals surface area (Å²) in [6.07, 6.45) is -1.78. The van der Waals surface area contributed by atoms with Crippen LogP contribution in [0.25, 0.3) is 0 Å². The summed E-state index contributed by atoms with van der Waals surface area (Å²) in [4.78, 5) is 0. The summed E-state index contributed by atoms with van der Waals surface area (Å²) < 4.78 is 41.8. The normalized spacial score (nSPS) is 12.6. The Morgan fingerprint density at radius 3 is 2.45 bits per heavy atom. The molecule has 0 radical (unpaired) electrons. The number of rotatable bonds is 2. The predicted octanol–water partition coefficient (Wildman–Crippen LogP) is 4.91. The maximum Gasteiger partial charge on any atom is 0.135 e. The van der Waals surface area contributed by atoms with Gasteiger partial charge in [-0.3, -0.25) is 0 Å². The molecule has 0 amide bonds. The first-order valence-corrected chi connectivity index (χ1v) is 6.77. The third kappa shape index (κ3) is 2.71. The molecule has 2 aromatic rings. The Kier molecular flexibility index (Phi) is 4.42. The van der Waals surface area contributed by atoms with E-state index in [-0.39, 0.29) is 20.6 Å². The Morgan fingerprint density at radius 2 is 1.80 bits per heavy atom. The molecule has 20 heavy (non-hydrogen) atoms. The van der Waals surface area contributed by atoms with E-state index in [0.717, 1.165) is 18.2 Å². The zero-order valence-electron chi connectivity index (χ0n) is 10.2. The Morgan fingerprint density at radius 1 is 1.15 bits per heavy atom. The third-order valence-corrected chi connectivity index (χ3v) is 4.12. The van der Waals surface area contributed by atoms with E-state index >= 15 is 0 Å². The van der Waals surface area contributed by atoms with Gasteiger partial charge in [-0.05, 0) is 46.6 Å². The first kappa shape index (κ1) is 15.4. The molecule has 0 saturated heterocycles. The molecule has 6 heteroatoms. The molecule has 0 bridgehead atoms. The standard InChI is InChI=1S/C14H9BrClF3O/c1-6-2-3-10(17)12(13(6)19)14(20)7-4-9(16)8(15)5-11(7)18/h2-5,14,20H,1H3. The van der Waals surface area contributed by atoms with Crippen LogP contribution in [0.2, 0.25) is 5.02 Å². The first-order valence-electron chi connectivity index (χ1n) is 5.60. The smallest absolute Gasteiger partial charge is 0.135 e. The Labute approximate surface area is 127 Å². The first-order chi connectivity index (χ1) is 9.32. The van der Waals surface area contributed by atoms with Crippen molar-refractivity contribution in [1.82, 2.24) is 0 Å². The molecule has 0 spiro atoms. The van der Waals surface area contributed by atoms with Gasteiger partial charge in [0.05, 0.1) is 10.6 Å². The van der Waals surface area contributed by atoms with E-state index in [4.69, 9.17) is 11.6 Å². The molecule has 2 aromatic carbocycles. The number of hydrogen-bond acceptors (Lipinski definition) is 1. The van der Waals surface area contributed by atoms with Crippen molar-refractivity contribution in [2.75, 3.05) is 0 Å². The van der Waals surface area contributed by atoms with Gasteiger partial charge in [0.25, 0.3) is 0 Å². The van der Waals surface area contributed by atoms with Gasteiger partial charge in [0, 0.05) is 10.0 Å². The Bertz CT molecular complexity index is 676. The van der Waals surface area contributed by atoms with Crippen LogP contribution in [-0.4, -0.2) is 5.11 Å². The third-order valence-electron chi connectivity index (χ3n) is 2.93. The molecule has 0 aliphatic rings. The lowest BCUT2D eigenvalue weighted by molar-refractivity contribution is 0.203. The molecule has 0 saturated carbocycles. The summed E-state index contributed by atoms with van der Waals surface area (Å²) in [6.45, 7) is 1.43. The Balaban J connectivity index is 2.60. The van der Waals surface area contributed by atoms with Crippen LogP contribution >= 0.6 is 27.5 Å². The maximum absolute atomic E-state index is 13.9. The second kappa shape index (κ2) is 5.76. The molecule has 2 rings (SSSR count). The van der Waals surface area contributed by atoms with Crippen LogP contribution in [0.15, 0.2) is 28.7 Å². The predicted molar refractivity (Wildman–Crippen MR) is 74.3 cm³/mol. The fraction of sp³-hybridized carbons (Fsp3) is 0.143. The van der Waals surface area contributed by atoms with E-state index in [0.29, 0.717) is 0 Å². The number of aryl methyl sites for hydroxylation is 1. The van der Waals surface area contributed by atoms with Crippen molar-refractivity contribution in [3.05, 3.63) is 67.9 Å². The summed E-state index contributed by atoms with van der Waals surface area (Å²) >= 11 is 8.84. The quantitative estimate of drug-likeness (QED) is 0.750. The van der Waals surface area contributed by atoms with Crippen LogP contribution in [0.4, 0.5) is 13.2 Å². The SMILES string of the molecule is Cc1ccc(F)c(C(O)c2cc(Cl)c(Br)cc2F)c1F. The van der Waals surface area contributed by atoms with Crippen molar-refractivity contribution in [3.8, 4) is 0 Å². The van der Waals surface area contributed by atoms with Gasteiger partial charge in [-0.2, -0.15) is 0 Å². The van der Waals surface area contributed by atoms with Gasteiger partial charge in [0.2, 0.25) is 0 Å². The van der Waals surface area contributed by atoms with E-state index in [1.54, 1.807) is 0 Å².